The number of carbonyl (C=O) groups is 1. The minimum absolute atomic E-state index is 0.139. The summed E-state index contributed by atoms with van der Waals surface area (Å²) in [6, 6.07) is 2.79. The molecule has 1 amide bonds. The Kier molecular flexibility index (Phi) is 3.62. The highest BCUT2D eigenvalue weighted by Crippen LogP contribution is 2.23. The zero-order valence-corrected chi connectivity index (χ0v) is 14.0. The van der Waals surface area contributed by atoms with E-state index in [1.807, 2.05) is 4.90 Å². The molecule has 0 spiro atoms. The SMILES string of the molecule is [2H]c1nc([2H])c(-c2cnc3cnc(NC(=O)CN4CCOCC4)cc3c2)c([2H])c1[2H]. The van der Waals surface area contributed by atoms with E-state index in [-0.39, 0.29) is 36.3 Å². The molecule has 0 aliphatic carbocycles. The summed E-state index contributed by atoms with van der Waals surface area (Å²) in [4.78, 5) is 26.6. The smallest absolute Gasteiger partial charge is 0.239 e. The molecule has 0 radical (unpaired) electrons. The van der Waals surface area contributed by atoms with E-state index >= 15 is 0 Å². The number of hydrogen-bond acceptors (Lipinski definition) is 6. The van der Waals surface area contributed by atoms with Gasteiger partial charge in [0.2, 0.25) is 5.91 Å². The van der Waals surface area contributed by atoms with Gasteiger partial charge in [0.05, 0.1) is 37.0 Å². The van der Waals surface area contributed by atoms with Crippen LogP contribution in [0, 0.1) is 0 Å². The van der Waals surface area contributed by atoms with Gasteiger partial charge in [-0.1, -0.05) is 6.04 Å². The molecule has 0 aromatic carbocycles. The largest absolute Gasteiger partial charge is 0.379 e. The number of carbonyl (C=O) groups excluding carboxylic acids is 1. The van der Waals surface area contributed by atoms with Gasteiger partial charge in [0.25, 0.3) is 0 Å². The Morgan fingerprint density at radius 2 is 2.12 bits per heavy atom. The van der Waals surface area contributed by atoms with Crippen molar-refractivity contribution in [1.29, 1.82) is 0 Å². The molecule has 0 atom stereocenters. The molecule has 132 valence electrons. The summed E-state index contributed by atoms with van der Waals surface area (Å²) in [5.74, 6) is 0.196. The van der Waals surface area contributed by atoms with Crippen molar-refractivity contribution in [2.24, 2.45) is 0 Å². The van der Waals surface area contributed by atoms with Crippen molar-refractivity contribution in [3.8, 4) is 11.1 Å². The van der Waals surface area contributed by atoms with Crippen LogP contribution in [-0.2, 0) is 9.53 Å². The molecular weight excluding hydrogens is 330 g/mol. The van der Waals surface area contributed by atoms with E-state index in [4.69, 9.17) is 10.2 Å². The highest BCUT2D eigenvalue weighted by Gasteiger charge is 2.14. The maximum absolute atomic E-state index is 12.3. The molecule has 1 aliphatic heterocycles. The molecule has 1 saturated heterocycles. The summed E-state index contributed by atoms with van der Waals surface area (Å²) in [7, 11) is 0. The first kappa shape index (κ1) is 12.5. The minimum atomic E-state index is -0.406. The Hall–Kier alpha value is -2.90. The number of aromatic nitrogens is 3. The van der Waals surface area contributed by atoms with E-state index < -0.39 is 6.17 Å². The molecule has 0 saturated carbocycles. The lowest BCUT2D eigenvalue weighted by Crippen LogP contribution is -2.41. The van der Waals surface area contributed by atoms with E-state index in [2.05, 4.69) is 20.3 Å². The summed E-state index contributed by atoms with van der Waals surface area (Å²) in [6.07, 6.45) is 2.36. The molecule has 7 heteroatoms. The van der Waals surface area contributed by atoms with Crippen molar-refractivity contribution in [2.45, 2.75) is 0 Å². The third-order valence-electron chi connectivity index (χ3n) is 4.06. The number of nitrogens with one attached hydrogen (secondary N) is 1. The van der Waals surface area contributed by atoms with Gasteiger partial charge >= 0.3 is 0 Å². The molecule has 3 aromatic rings. The number of anilines is 1. The van der Waals surface area contributed by atoms with Crippen LogP contribution >= 0.6 is 0 Å². The van der Waals surface area contributed by atoms with E-state index in [1.54, 1.807) is 12.1 Å². The second-order valence-electron chi connectivity index (χ2n) is 5.88. The van der Waals surface area contributed by atoms with Crippen LogP contribution in [0.1, 0.15) is 5.48 Å². The number of rotatable bonds is 4. The molecule has 1 fully saturated rings. The van der Waals surface area contributed by atoms with Crippen LogP contribution in [0.3, 0.4) is 0 Å². The lowest BCUT2D eigenvalue weighted by atomic mass is 10.1. The number of amides is 1. The monoisotopic (exact) mass is 353 g/mol. The normalized spacial score (nSPS) is 17.2. The molecule has 3 aromatic heterocycles. The highest BCUT2D eigenvalue weighted by atomic mass is 16.5. The predicted octanol–water partition coefficient (Wildman–Crippen LogP) is 1.96. The van der Waals surface area contributed by atoms with Gasteiger partial charge in [-0.05, 0) is 18.2 Å². The van der Waals surface area contributed by atoms with Crippen LogP contribution in [-0.4, -0.2) is 58.6 Å². The Balaban J connectivity index is 1.60. The van der Waals surface area contributed by atoms with Crippen LogP contribution in [0.15, 0.2) is 49.0 Å². The van der Waals surface area contributed by atoms with E-state index in [0.29, 0.717) is 48.6 Å². The third-order valence-corrected chi connectivity index (χ3v) is 4.06. The van der Waals surface area contributed by atoms with Crippen LogP contribution in [0.4, 0.5) is 5.82 Å². The average molecular weight is 353 g/mol. The first-order valence-corrected chi connectivity index (χ1v) is 8.23. The van der Waals surface area contributed by atoms with Crippen molar-refractivity contribution in [3.05, 3.63) is 49.0 Å². The van der Waals surface area contributed by atoms with Crippen molar-refractivity contribution in [3.63, 3.8) is 0 Å². The molecule has 4 rings (SSSR count). The number of morpholine rings is 1. The van der Waals surface area contributed by atoms with Crippen molar-refractivity contribution in [1.82, 2.24) is 19.9 Å². The van der Waals surface area contributed by atoms with Crippen LogP contribution in [0.25, 0.3) is 22.0 Å². The summed E-state index contributed by atoms with van der Waals surface area (Å²) in [5, 5.41) is 3.44. The molecule has 0 bridgehead atoms. The second kappa shape index (κ2) is 7.55. The molecule has 0 unspecified atom stereocenters. The molecule has 1 N–H and O–H groups in total. The first-order chi connectivity index (χ1) is 14.4. The van der Waals surface area contributed by atoms with Crippen LogP contribution in [0.2, 0.25) is 0 Å². The Labute approximate surface area is 156 Å². The van der Waals surface area contributed by atoms with Gasteiger partial charge in [0.1, 0.15) is 5.82 Å². The standard InChI is InChI=1S/C19H19N5O2/c25-19(13-24-4-6-26-7-5-24)23-18-9-15-8-16(11-21-17(15)12-22-18)14-2-1-3-20-10-14/h1-3,8-12H,4-7,13H2,(H,22,23,25)/i1D,2D,3D,10D. The summed E-state index contributed by atoms with van der Waals surface area (Å²) in [6.45, 7) is 2.90. The van der Waals surface area contributed by atoms with Gasteiger partial charge in [-0.15, -0.1) is 0 Å². The molecule has 1 aliphatic rings. The minimum Gasteiger partial charge on any atom is -0.379 e. The molecule has 4 heterocycles. The molecular formula is C19H19N5O2. The fourth-order valence-corrected chi connectivity index (χ4v) is 2.75. The fourth-order valence-electron chi connectivity index (χ4n) is 2.75. The number of pyridine rings is 3. The topological polar surface area (TPSA) is 80.2 Å². The Morgan fingerprint density at radius 3 is 3.00 bits per heavy atom. The van der Waals surface area contributed by atoms with Gasteiger partial charge in [0, 0.05) is 48.1 Å². The fraction of sp³-hybridized carbons (Fsp3) is 0.263. The van der Waals surface area contributed by atoms with E-state index in [0.717, 1.165) is 0 Å². The zero-order chi connectivity index (χ0) is 21.3. The van der Waals surface area contributed by atoms with E-state index in [9.17, 15) is 4.79 Å². The maximum atomic E-state index is 12.3. The average Bonchev–Trinajstić information content (AvgIpc) is 2.72. The lowest BCUT2D eigenvalue weighted by molar-refractivity contribution is -0.118. The highest BCUT2D eigenvalue weighted by molar-refractivity contribution is 5.93. The number of nitrogens with zero attached hydrogens (tertiary/aromatic N) is 4. The van der Waals surface area contributed by atoms with E-state index in [1.165, 1.54) is 12.4 Å². The number of ether oxygens (including phenoxy) is 1. The Bertz CT molecular complexity index is 1120. The van der Waals surface area contributed by atoms with Crippen LogP contribution in [0.5, 0.6) is 0 Å². The van der Waals surface area contributed by atoms with Crippen molar-refractivity contribution in [2.75, 3.05) is 38.2 Å². The summed E-state index contributed by atoms with van der Waals surface area (Å²) < 4.78 is 36.8. The van der Waals surface area contributed by atoms with Crippen LogP contribution < -0.4 is 5.32 Å². The number of fused-ring (bicyclic) bond motifs is 1. The molecule has 26 heavy (non-hydrogen) atoms. The maximum Gasteiger partial charge on any atom is 0.239 e. The van der Waals surface area contributed by atoms with Gasteiger partial charge in [-0.25, -0.2) is 4.98 Å². The van der Waals surface area contributed by atoms with Crippen molar-refractivity contribution >= 4 is 22.6 Å². The Morgan fingerprint density at radius 1 is 1.23 bits per heavy atom. The van der Waals surface area contributed by atoms with Gasteiger partial charge in [-0.3, -0.25) is 19.7 Å². The van der Waals surface area contributed by atoms with Gasteiger partial charge < -0.3 is 10.1 Å². The van der Waals surface area contributed by atoms with Gasteiger partial charge in [-0.2, -0.15) is 0 Å². The van der Waals surface area contributed by atoms with Gasteiger partial charge in [0.15, 0.2) is 0 Å². The number of hydrogen-bond donors (Lipinski definition) is 1. The summed E-state index contributed by atoms with van der Waals surface area (Å²) >= 11 is 0. The molecule has 7 nitrogen and oxygen atoms in total. The predicted molar refractivity (Wildman–Crippen MR) is 98.7 cm³/mol. The summed E-state index contributed by atoms with van der Waals surface area (Å²) in [5.41, 5.74) is 1.16. The first-order valence-electron chi connectivity index (χ1n) is 10.2. The van der Waals surface area contributed by atoms with Crippen molar-refractivity contribution < 1.29 is 15.0 Å². The zero-order valence-electron chi connectivity index (χ0n) is 18.0. The lowest BCUT2D eigenvalue weighted by Gasteiger charge is -2.25. The third kappa shape index (κ3) is 3.84. The quantitative estimate of drug-likeness (QED) is 0.772. The second-order valence-corrected chi connectivity index (χ2v) is 5.88.